The number of unbranched alkanes of at least 4 members (excludes halogenated alkanes) is 2. The van der Waals surface area contributed by atoms with E-state index in [0.29, 0.717) is 0 Å². The summed E-state index contributed by atoms with van der Waals surface area (Å²) in [5.74, 6) is 0. The Bertz CT molecular complexity index is 107. The van der Waals surface area contributed by atoms with Crippen LogP contribution in [-0.2, 0) is 9.47 Å². The van der Waals surface area contributed by atoms with Gasteiger partial charge in [0.25, 0.3) is 0 Å². The Hall–Kier alpha value is 1.17. The zero-order chi connectivity index (χ0) is 8.65. The molecule has 1 aliphatic rings. The van der Waals surface area contributed by atoms with Gasteiger partial charge < -0.3 is 22.4 Å². The van der Waals surface area contributed by atoms with Crippen molar-refractivity contribution in [3.63, 3.8) is 0 Å². The molecule has 0 saturated carbocycles. The second-order valence-electron chi connectivity index (χ2n) is 3.06. The van der Waals surface area contributed by atoms with E-state index in [4.69, 9.17) is 9.47 Å². The average Bonchev–Trinajstić information content (AvgIpc) is 2.57. The summed E-state index contributed by atoms with van der Waals surface area (Å²) in [6.45, 7) is 1.58. The van der Waals surface area contributed by atoms with Crippen molar-refractivity contribution >= 4 is 31.1 Å². The second kappa shape index (κ2) is 7.56. The fourth-order valence-corrected chi connectivity index (χ4v) is 3.06. The van der Waals surface area contributed by atoms with Gasteiger partial charge in [-0.25, -0.2) is 0 Å². The van der Waals surface area contributed by atoms with Gasteiger partial charge in [0.2, 0.25) is 0 Å². The lowest BCUT2D eigenvalue weighted by molar-refractivity contribution is -0.0479. The van der Waals surface area contributed by atoms with E-state index < -0.39 is 0 Å². The SMILES string of the molecule is [Br][Mg][CH2]CCCCC1OCCO1. The molecule has 0 atom stereocenters. The van der Waals surface area contributed by atoms with E-state index in [9.17, 15) is 0 Å². The molecule has 0 bridgehead atoms. The highest BCUT2D eigenvalue weighted by Crippen LogP contribution is 2.13. The van der Waals surface area contributed by atoms with Crippen LogP contribution in [0.2, 0.25) is 4.55 Å². The molecular formula is C8H15BrMgO2. The first-order chi connectivity index (χ1) is 5.93. The van der Waals surface area contributed by atoms with Crippen LogP contribution in [0.5, 0.6) is 0 Å². The lowest BCUT2D eigenvalue weighted by Crippen LogP contribution is -2.06. The van der Waals surface area contributed by atoms with Crippen molar-refractivity contribution in [2.24, 2.45) is 0 Å². The molecule has 0 aromatic rings. The summed E-state index contributed by atoms with van der Waals surface area (Å²) in [5.41, 5.74) is 0. The number of halogens is 1. The molecule has 1 saturated heterocycles. The Morgan fingerprint density at radius 3 is 2.58 bits per heavy atom. The van der Waals surface area contributed by atoms with E-state index in [1.54, 1.807) is 0 Å². The summed E-state index contributed by atoms with van der Waals surface area (Å²) >= 11 is 3.68. The van der Waals surface area contributed by atoms with Crippen LogP contribution < -0.4 is 0 Å². The van der Waals surface area contributed by atoms with Crippen LogP contribution in [0.4, 0.5) is 0 Å². The van der Waals surface area contributed by atoms with Gasteiger partial charge in [-0.2, -0.15) is 0 Å². The number of ether oxygens (including phenoxy) is 2. The Morgan fingerprint density at radius 1 is 1.17 bits per heavy atom. The van der Waals surface area contributed by atoms with Crippen LogP contribution in [0, 0.1) is 0 Å². The highest BCUT2D eigenvalue weighted by Gasteiger charge is 2.14. The average molecular weight is 247 g/mol. The molecule has 1 fully saturated rings. The van der Waals surface area contributed by atoms with Crippen molar-refractivity contribution in [2.75, 3.05) is 13.2 Å². The molecule has 0 aliphatic carbocycles. The summed E-state index contributed by atoms with van der Waals surface area (Å²) in [5, 5.41) is 0. The van der Waals surface area contributed by atoms with Gasteiger partial charge in [-0.1, -0.05) is 12.8 Å². The molecule has 1 heterocycles. The quantitative estimate of drug-likeness (QED) is 0.530. The third kappa shape index (κ3) is 5.02. The van der Waals surface area contributed by atoms with Gasteiger partial charge in [-0.3, -0.25) is 0 Å². The molecule has 0 aromatic heterocycles. The third-order valence-corrected chi connectivity index (χ3v) is 4.46. The molecule has 0 radical (unpaired) electrons. The summed E-state index contributed by atoms with van der Waals surface area (Å²) in [7, 11) is 0. The van der Waals surface area contributed by atoms with Crippen LogP contribution >= 0.6 is 12.9 Å². The molecule has 0 unspecified atom stereocenters. The number of hydrogen-bond donors (Lipinski definition) is 0. The minimum atomic E-state index is 0.117. The smallest absolute Gasteiger partial charge is 0.350 e. The minimum Gasteiger partial charge on any atom is -0.350 e. The maximum absolute atomic E-state index is 5.34. The van der Waals surface area contributed by atoms with Crippen molar-refractivity contribution in [1.29, 1.82) is 0 Å². The largest absolute Gasteiger partial charge is 0.468 e. The van der Waals surface area contributed by atoms with Gasteiger partial charge in [0, 0.05) is 0 Å². The second-order valence-corrected chi connectivity index (χ2v) is 6.53. The Kier molecular flexibility index (Phi) is 7.08. The van der Waals surface area contributed by atoms with Crippen LogP contribution in [0.3, 0.4) is 0 Å². The molecule has 4 heteroatoms. The van der Waals surface area contributed by atoms with Gasteiger partial charge in [0.15, 0.2) is 6.29 Å². The Labute approximate surface area is 90.0 Å². The maximum Gasteiger partial charge on any atom is 0.468 e. The molecule has 2 nitrogen and oxygen atoms in total. The van der Waals surface area contributed by atoms with E-state index >= 15 is 0 Å². The normalized spacial score (nSPS) is 18.1. The zero-order valence-electron chi connectivity index (χ0n) is 7.43. The van der Waals surface area contributed by atoms with E-state index in [0.717, 1.165) is 19.6 Å². The highest BCUT2D eigenvalue weighted by molar-refractivity contribution is 9.23. The van der Waals surface area contributed by atoms with Crippen LogP contribution in [0.25, 0.3) is 0 Å². The number of hydrogen-bond acceptors (Lipinski definition) is 2. The fraction of sp³-hybridized carbons (Fsp3) is 1.00. The topological polar surface area (TPSA) is 18.5 Å². The van der Waals surface area contributed by atoms with Gasteiger partial charge in [0.1, 0.15) is 0 Å². The van der Waals surface area contributed by atoms with Gasteiger partial charge in [0.05, 0.1) is 13.2 Å². The molecule has 0 N–H and O–H groups in total. The first kappa shape index (κ1) is 11.2. The molecular weight excluding hydrogens is 232 g/mol. The van der Waals surface area contributed by atoms with E-state index in [-0.39, 0.29) is 24.5 Å². The molecule has 1 aliphatic heterocycles. The first-order valence-electron chi connectivity index (χ1n) is 4.72. The lowest BCUT2D eigenvalue weighted by atomic mass is 10.2. The lowest BCUT2D eigenvalue weighted by Gasteiger charge is -2.07. The molecule has 0 amide bonds. The van der Waals surface area contributed by atoms with Crippen molar-refractivity contribution in [1.82, 2.24) is 0 Å². The summed E-state index contributed by atoms with van der Waals surface area (Å²) < 4.78 is 12.1. The summed E-state index contributed by atoms with van der Waals surface area (Å²) in [6.07, 6.45) is 5.17. The van der Waals surface area contributed by atoms with Crippen molar-refractivity contribution in [2.45, 2.75) is 36.5 Å². The zero-order valence-corrected chi connectivity index (χ0v) is 10.4. The number of rotatable bonds is 6. The van der Waals surface area contributed by atoms with Gasteiger partial charge in [-0.15, -0.1) is 4.55 Å². The fourth-order valence-electron chi connectivity index (χ4n) is 1.33. The van der Waals surface area contributed by atoms with Crippen molar-refractivity contribution in [3.05, 3.63) is 0 Å². The van der Waals surface area contributed by atoms with Crippen LogP contribution in [0.15, 0.2) is 0 Å². The van der Waals surface area contributed by atoms with Gasteiger partial charge in [-0.05, 0) is 12.8 Å². The molecule has 12 heavy (non-hydrogen) atoms. The predicted octanol–water partition coefficient (Wildman–Crippen LogP) is 2.35. The predicted molar refractivity (Wildman–Crippen MR) is 53.6 cm³/mol. The summed E-state index contributed by atoms with van der Waals surface area (Å²) in [4.78, 5) is 0. The van der Waals surface area contributed by atoms with E-state index in [2.05, 4.69) is 12.9 Å². The van der Waals surface area contributed by atoms with Crippen LogP contribution in [0.1, 0.15) is 25.7 Å². The van der Waals surface area contributed by atoms with Gasteiger partial charge >= 0.3 is 18.2 Å². The molecule has 0 aromatic carbocycles. The Balaban J connectivity index is 1.81. The van der Waals surface area contributed by atoms with E-state index in [1.165, 1.54) is 23.8 Å². The van der Waals surface area contributed by atoms with E-state index in [1.807, 2.05) is 0 Å². The minimum absolute atomic E-state index is 0.117. The molecule has 0 spiro atoms. The third-order valence-electron chi connectivity index (χ3n) is 2.01. The maximum atomic E-state index is 5.34. The summed E-state index contributed by atoms with van der Waals surface area (Å²) in [6, 6.07) is 0. The molecule has 1 rings (SSSR count). The van der Waals surface area contributed by atoms with Crippen molar-refractivity contribution in [3.8, 4) is 0 Å². The molecule has 68 valence electrons. The van der Waals surface area contributed by atoms with Crippen molar-refractivity contribution < 1.29 is 9.47 Å². The van der Waals surface area contributed by atoms with Crippen LogP contribution in [-0.4, -0.2) is 37.7 Å². The first-order valence-corrected chi connectivity index (χ1v) is 9.62. The highest BCUT2D eigenvalue weighted by atomic mass is 79.9. The Morgan fingerprint density at radius 2 is 1.92 bits per heavy atom. The monoisotopic (exact) mass is 246 g/mol. The standard InChI is InChI=1S/C8H15O2.BrH.Mg/c1-2-3-4-5-8-9-6-7-10-8;;/h8H,1-7H2;1H;/q;;+1/p-1.